The smallest absolute Gasteiger partial charge is 0.312 e. The van der Waals surface area contributed by atoms with E-state index in [1.165, 1.54) is 0 Å². The van der Waals surface area contributed by atoms with Crippen LogP contribution in [0.15, 0.2) is 0 Å². The molecular formula is C10H20N4O2. The highest BCUT2D eigenvalue weighted by atomic mass is 16.2. The van der Waals surface area contributed by atoms with Crippen LogP contribution in [0, 0.1) is 5.92 Å². The van der Waals surface area contributed by atoms with Gasteiger partial charge in [-0.3, -0.25) is 4.79 Å². The SMILES string of the molecule is NC(=O)NCCNC(=O)CC1CCNCC1. The second-order valence-corrected chi connectivity index (χ2v) is 4.04. The predicted molar refractivity (Wildman–Crippen MR) is 60.8 cm³/mol. The molecule has 0 saturated carbocycles. The third-order valence-electron chi connectivity index (χ3n) is 2.68. The molecule has 0 aromatic rings. The van der Waals surface area contributed by atoms with Crippen molar-refractivity contribution in [3.63, 3.8) is 0 Å². The number of urea groups is 1. The van der Waals surface area contributed by atoms with Gasteiger partial charge >= 0.3 is 6.03 Å². The highest BCUT2D eigenvalue weighted by molar-refractivity contribution is 5.76. The molecule has 1 aliphatic heterocycles. The van der Waals surface area contributed by atoms with E-state index in [-0.39, 0.29) is 5.91 Å². The van der Waals surface area contributed by atoms with Gasteiger partial charge in [0.25, 0.3) is 0 Å². The summed E-state index contributed by atoms with van der Waals surface area (Å²) in [6.45, 7) is 2.82. The maximum Gasteiger partial charge on any atom is 0.312 e. The van der Waals surface area contributed by atoms with Crippen molar-refractivity contribution in [1.82, 2.24) is 16.0 Å². The van der Waals surface area contributed by atoms with Gasteiger partial charge in [-0.15, -0.1) is 0 Å². The van der Waals surface area contributed by atoms with Crippen LogP contribution in [0.4, 0.5) is 4.79 Å². The molecule has 3 amide bonds. The Hall–Kier alpha value is -1.30. The number of rotatable bonds is 5. The van der Waals surface area contributed by atoms with Crippen molar-refractivity contribution < 1.29 is 9.59 Å². The molecule has 0 aliphatic carbocycles. The lowest BCUT2D eigenvalue weighted by atomic mass is 9.94. The summed E-state index contributed by atoms with van der Waals surface area (Å²) in [7, 11) is 0. The fourth-order valence-corrected chi connectivity index (χ4v) is 1.81. The van der Waals surface area contributed by atoms with Gasteiger partial charge in [-0.25, -0.2) is 4.79 Å². The Balaban J connectivity index is 2.03. The normalized spacial score (nSPS) is 16.8. The fraction of sp³-hybridized carbons (Fsp3) is 0.800. The van der Waals surface area contributed by atoms with Crippen LogP contribution in [-0.4, -0.2) is 38.1 Å². The first kappa shape index (κ1) is 12.8. The Morgan fingerprint density at radius 2 is 1.81 bits per heavy atom. The average Bonchev–Trinajstić information content (AvgIpc) is 2.25. The van der Waals surface area contributed by atoms with Crippen LogP contribution in [0.5, 0.6) is 0 Å². The van der Waals surface area contributed by atoms with Gasteiger partial charge < -0.3 is 21.7 Å². The molecule has 1 saturated heterocycles. The lowest BCUT2D eigenvalue weighted by molar-refractivity contribution is -0.122. The predicted octanol–water partition coefficient (Wildman–Crippen LogP) is -0.839. The van der Waals surface area contributed by atoms with E-state index in [2.05, 4.69) is 16.0 Å². The van der Waals surface area contributed by atoms with Gasteiger partial charge in [-0.2, -0.15) is 0 Å². The van der Waals surface area contributed by atoms with E-state index in [4.69, 9.17) is 5.73 Å². The van der Waals surface area contributed by atoms with Crippen LogP contribution in [0.1, 0.15) is 19.3 Å². The number of piperidine rings is 1. The molecule has 6 nitrogen and oxygen atoms in total. The zero-order valence-electron chi connectivity index (χ0n) is 9.42. The van der Waals surface area contributed by atoms with Crippen LogP contribution in [0.25, 0.3) is 0 Å². The number of hydrogen-bond donors (Lipinski definition) is 4. The highest BCUT2D eigenvalue weighted by Gasteiger charge is 2.16. The summed E-state index contributed by atoms with van der Waals surface area (Å²) in [5, 5.41) is 8.43. The van der Waals surface area contributed by atoms with Crippen molar-refractivity contribution in [2.24, 2.45) is 11.7 Å². The lowest BCUT2D eigenvalue weighted by Crippen LogP contribution is -2.38. The maximum absolute atomic E-state index is 11.5. The Kier molecular flexibility index (Phi) is 5.63. The number of primary amides is 1. The molecule has 1 rings (SSSR count). The van der Waals surface area contributed by atoms with Gasteiger partial charge in [0.1, 0.15) is 0 Å². The molecule has 6 heteroatoms. The lowest BCUT2D eigenvalue weighted by Gasteiger charge is -2.21. The van der Waals surface area contributed by atoms with E-state index in [1.54, 1.807) is 0 Å². The number of nitrogens with two attached hydrogens (primary N) is 1. The Bertz CT molecular complexity index is 239. The van der Waals surface area contributed by atoms with E-state index in [0.29, 0.717) is 25.4 Å². The summed E-state index contributed by atoms with van der Waals surface area (Å²) in [6.07, 6.45) is 2.71. The minimum atomic E-state index is -0.562. The topological polar surface area (TPSA) is 96.2 Å². The average molecular weight is 228 g/mol. The molecule has 0 aromatic carbocycles. The number of carbonyl (C=O) groups is 2. The fourth-order valence-electron chi connectivity index (χ4n) is 1.81. The van der Waals surface area contributed by atoms with Crippen molar-refractivity contribution in [1.29, 1.82) is 0 Å². The van der Waals surface area contributed by atoms with Crippen LogP contribution in [-0.2, 0) is 4.79 Å². The van der Waals surface area contributed by atoms with Gasteiger partial charge in [0.2, 0.25) is 5.91 Å². The number of hydrogen-bond acceptors (Lipinski definition) is 3. The molecule has 1 heterocycles. The van der Waals surface area contributed by atoms with Gasteiger partial charge in [0, 0.05) is 19.5 Å². The Morgan fingerprint density at radius 1 is 1.19 bits per heavy atom. The van der Waals surface area contributed by atoms with Crippen LogP contribution in [0.3, 0.4) is 0 Å². The second kappa shape index (κ2) is 7.05. The maximum atomic E-state index is 11.5. The molecule has 0 unspecified atom stereocenters. The van der Waals surface area contributed by atoms with Gasteiger partial charge in [0.05, 0.1) is 0 Å². The van der Waals surface area contributed by atoms with Crippen molar-refractivity contribution in [3.05, 3.63) is 0 Å². The molecule has 0 aromatic heterocycles. The van der Waals surface area contributed by atoms with Crippen molar-refractivity contribution in [2.45, 2.75) is 19.3 Å². The first-order valence-corrected chi connectivity index (χ1v) is 5.69. The minimum Gasteiger partial charge on any atom is -0.354 e. The van der Waals surface area contributed by atoms with E-state index in [9.17, 15) is 9.59 Å². The zero-order valence-corrected chi connectivity index (χ0v) is 9.42. The quantitative estimate of drug-likeness (QED) is 0.462. The highest BCUT2D eigenvalue weighted by Crippen LogP contribution is 2.15. The molecule has 0 radical (unpaired) electrons. The Labute approximate surface area is 95.3 Å². The summed E-state index contributed by atoms with van der Waals surface area (Å²) in [6, 6.07) is -0.562. The zero-order chi connectivity index (χ0) is 11.8. The molecule has 16 heavy (non-hydrogen) atoms. The third-order valence-corrected chi connectivity index (χ3v) is 2.68. The Morgan fingerprint density at radius 3 is 2.44 bits per heavy atom. The molecule has 0 atom stereocenters. The summed E-state index contributed by atoms with van der Waals surface area (Å²) in [5.41, 5.74) is 4.89. The molecule has 92 valence electrons. The number of nitrogens with one attached hydrogen (secondary N) is 3. The van der Waals surface area contributed by atoms with E-state index < -0.39 is 6.03 Å². The molecule has 5 N–H and O–H groups in total. The summed E-state index contributed by atoms with van der Waals surface area (Å²) in [5.74, 6) is 0.545. The second-order valence-electron chi connectivity index (χ2n) is 4.04. The van der Waals surface area contributed by atoms with Crippen LogP contribution < -0.4 is 21.7 Å². The minimum absolute atomic E-state index is 0.0539. The largest absolute Gasteiger partial charge is 0.354 e. The molecule has 1 fully saturated rings. The van der Waals surface area contributed by atoms with E-state index in [1.807, 2.05) is 0 Å². The molecule has 0 bridgehead atoms. The summed E-state index contributed by atoms with van der Waals surface area (Å²) in [4.78, 5) is 21.8. The molecular weight excluding hydrogens is 208 g/mol. The summed E-state index contributed by atoms with van der Waals surface area (Å²) < 4.78 is 0. The van der Waals surface area contributed by atoms with Crippen LogP contribution in [0.2, 0.25) is 0 Å². The van der Waals surface area contributed by atoms with Gasteiger partial charge in [-0.1, -0.05) is 0 Å². The van der Waals surface area contributed by atoms with Gasteiger partial charge in [-0.05, 0) is 31.8 Å². The number of carbonyl (C=O) groups excluding carboxylic acids is 2. The monoisotopic (exact) mass is 228 g/mol. The van der Waals surface area contributed by atoms with Crippen molar-refractivity contribution in [3.8, 4) is 0 Å². The van der Waals surface area contributed by atoms with Gasteiger partial charge in [0.15, 0.2) is 0 Å². The third kappa shape index (κ3) is 5.55. The first-order valence-electron chi connectivity index (χ1n) is 5.69. The molecule has 1 aliphatic rings. The van der Waals surface area contributed by atoms with E-state index >= 15 is 0 Å². The van der Waals surface area contributed by atoms with E-state index in [0.717, 1.165) is 25.9 Å². The standard InChI is InChI=1S/C10H20N4O2/c11-10(16)14-6-5-13-9(15)7-8-1-3-12-4-2-8/h8,12H,1-7H2,(H,13,15)(H3,11,14,16). The molecule has 0 spiro atoms. The first-order chi connectivity index (χ1) is 7.68. The summed E-state index contributed by atoms with van der Waals surface area (Å²) >= 11 is 0. The van der Waals surface area contributed by atoms with Crippen LogP contribution >= 0.6 is 0 Å². The van der Waals surface area contributed by atoms with Crippen molar-refractivity contribution >= 4 is 11.9 Å². The van der Waals surface area contributed by atoms with Crippen molar-refractivity contribution in [2.75, 3.05) is 26.2 Å². The number of amides is 3.